The van der Waals surface area contributed by atoms with Gasteiger partial charge in [0.25, 0.3) is 5.91 Å². The number of hydrogen-bond donors (Lipinski definition) is 7. The van der Waals surface area contributed by atoms with Crippen molar-refractivity contribution in [3.05, 3.63) is 40.2 Å². The number of benzene rings is 1. The number of aliphatic hydroxyl groups is 4. The van der Waals surface area contributed by atoms with Gasteiger partial charge in [0.15, 0.2) is 11.4 Å². The third-order valence-corrected chi connectivity index (χ3v) is 7.16. The summed E-state index contributed by atoms with van der Waals surface area (Å²) in [5.41, 5.74) is 6.86. The fourth-order valence-corrected chi connectivity index (χ4v) is 5.63. The van der Waals surface area contributed by atoms with Gasteiger partial charge in [-0.1, -0.05) is 13.0 Å². The number of phenolic OH excluding ortho intramolecular Hbond substituents is 1. The minimum Gasteiger partial charge on any atom is -0.508 e. The van der Waals surface area contributed by atoms with Crippen LogP contribution in [0.25, 0.3) is 5.76 Å². The molecule has 1 aromatic rings. The zero-order valence-electron chi connectivity index (χ0n) is 18.1. The van der Waals surface area contributed by atoms with E-state index in [1.807, 2.05) is 0 Å². The number of phenols is 1. The van der Waals surface area contributed by atoms with E-state index < -0.39 is 81.4 Å². The first-order valence-electron chi connectivity index (χ1n) is 10.2. The van der Waals surface area contributed by atoms with Crippen molar-refractivity contribution in [1.29, 1.82) is 0 Å². The molecule has 0 spiro atoms. The number of likely N-dealkylation sites (N-methyl/N-ethyl adjacent to an activating group) is 1. The number of primary amides is 1. The third kappa shape index (κ3) is 2.63. The van der Waals surface area contributed by atoms with Gasteiger partial charge in [-0.3, -0.25) is 19.3 Å². The second-order valence-corrected chi connectivity index (χ2v) is 9.02. The average molecular weight is 459 g/mol. The van der Waals surface area contributed by atoms with Crippen LogP contribution >= 0.6 is 0 Å². The summed E-state index contributed by atoms with van der Waals surface area (Å²) < 4.78 is 0. The summed E-state index contributed by atoms with van der Waals surface area (Å²) in [5, 5.41) is 55.2. The van der Waals surface area contributed by atoms with Gasteiger partial charge in [-0.15, -0.1) is 0 Å². The summed E-state index contributed by atoms with van der Waals surface area (Å²) >= 11 is 0. The van der Waals surface area contributed by atoms with Gasteiger partial charge < -0.3 is 37.0 Å². The first kappa shape index (κ1) is 22.8. The van der Waals surface area contributed by atoms with Gasteiger partial charge in [0.1, 0.15) is 22.8 Å². The highest BCUT2D eigenvalue weighted by atomic mass is 16.4. The normalized spacial score (nSPS) is 33.7. The minimum absolute atomic E-state index is 0.0679. The molecule has 0 heterocycles. The number of amides is 1. The molecule has 1 fully saturated rings. The highest BCUT2D eigenvalue weighted by Gasteiger charge is 2.68. The largest absolute Gasteiger partial charge is 0.508 e. The Labute approximate surface area is 188 Å². The lowest BCUT2D eigenvalue weighted by Gasteiger charge is -2.53. The molecule has 0 radical (unpaired) electrons. The van der Waals surface area contributed by atoms with Crippen molar-refractivity contribution in [3.63, 3.8) is 0 Å². The topological polar surface area (TPSA) is 208 Å². The highest BCUT2D eigenvalue weighted by Crippen LogP contribution is 2.56. The Kier molecular flexibility index (Phi) is 4.86. The standard InChI is InChI=1S/C22H25N3O8/c1-6-7-4-5-8(23)15(26)10(7)16(27)11-9(6)17(28)13-14(25(2)3)18(29)12(21(24)32)20(31)22(13,33)19(11)30/h4-6,9,13-14,17,26-28,31,33H,23H2,1-3H3,(H2,24,32)/t6-,9-,13-,14-,17-,22-/m0/s1. The zero-order valence-corrected chi connectivity index (χ0v) is 18.1. The lowest BCUT2D eigenvalue weighted by molar-refractivity contribution is -0.169. The molecule has 0 aliphatic heterocycles. The lowest BCUT2D eigenvalue weighted by Crippen LogP contribution is -2.70. The molecule has 9 N–H and O–H groups in total. The van der Waals surface area contributed by atoms with Crippen molar-refractivity contribution >= 4 is 28.9 Å². The Morgan fingerprint density at radius 1 is 1.15 bits per heavy atom. The van der Waals surface area contributed by atoms with Crippen LogP contribution in [0.2, 0.25) is 0 Å². The van der Waals surface area contributed by atoms with E-state index in [0.717, 1.165) is 0 Å². The molecule has 0 aromatic heterocycles. The van der Waals surface area contributed by atoms with Crippen LogP contribution in [0.4, 0.5) is 5.69 Å². The molecule has 1 amide bonds. The number of aliphatic hydroxyl groups excluding tert-OH is 3. The van der Waals surface area contributed by atoms with Crippen molar-refractivity contribution in [3.8, 4) is 5.75 Å². The van der Waals surface area contributed by atoms with E-state index >= 15 is 0 Å². The third-order valence-electron chi connectivity index (χ3n) is 7.16. The van der Waals surface area contributed by atoms with E-state index in [2.05, 4.69) is 0 Å². The van der Waals surface area contributed by atoms with E-state index in [1.165, 1.54) is 31.1 Å². The van der Waals surface area contributed by atoms with E-state index in [0.29, 0.717) is 5.56 Å². The van der Waals surface area contributed by atoms with Gasteiger partial charge in [-0.05, 0) is 31.6 Å². The molecule has 1 saturated carbocycles. The number of carbonyl (C=O) groups is 3. The number of ketones is 2. The number of Topliss-reactive ketones (excluding diaryl/α,β-unsaturated/α-hetero) is 2. The number of nitrogens with two attached hydrogens (primary N) is 2. The molecule has 176 valence electrons. The van der Waals surface area contributed by atoms with E-state index in [-0.39, 0.29) is 11.3 Å². The molecule has 11 nitrogen and oxygen atoms in total. The second-order valence-electron chi connectivity index (χ2n) is 9.02. The first-order valence-corrected chi connectivity index (χ1v) is 10.2. The van der Waals surface area contributed by atoms with Gasteiger partial charge in [0.2, 0.25) is 5.78 Å². The van der Waals surface area contributed by atoms with Crippen molar-refractivity contribution < 1.29 is 39.9 Å². The van der Waals surface area contributed by atoms with Gasteiger partial charge in [0, 0.05) is 11.5 Å². The fourth-order valence-electron chi connectivity index (χ4n) is 5.63. The quantitative estimate of drug-likeness (QED) is 0.164. The van der Waals surface area contributed by atoms with Gasteiger partial charge in [-0.25, -0.2) is 0 Å². The lowest BCUT2D eigenvalue weighted by atomic mass is 9.54. The van der Waals surface area contributed by atoms with Crippen LogP contribution < -0.4 is 11.5 Å². The van der Waals surface area contributed by atoms with Crippen LogP contribution in [-0.2, 0) is 14.4 Å². The van der Waals surface area contributed by atoms with E-state index in [1.54, 1.807) is 6.92 Å². The molecule has 3 aliphatic carbocycles. The average Bonchev–Trinajstić information content (AvgIpc) is 2.72. The number of anilines is 1. The number of rotatable bonds is 2. The highest BCUT2D eigenvalue weighted by molar-refractivity contribution is 6.24. The molecule has 0 unspecified atom stereocenters. The summed E-state index contributed by atoms with van der Waals surface area (Å²) in [4.78, 5) is 40.0. The number of fused-ring (bicyclic) bond motifs is 3. The summed E-state index contributed by atoms with van der Waals surface area (Å²) in [6, 6.07) is 1.57. The molecular weight excluding hydrogens is 434 g/mol. The maximum absolute atomic E-state index is 13.7. The smallest absolute Gasteiger partial charge is 0.255 e. The Bertz CT molecular complexity index is 1190. The van der Waals surface area contributed by atoms with Crippen molar-refractivity contribution in [2.24, 2.45) is 17.6 Å². The van der Waals surface area contributed by atoms with Gasteiger partial charge in [0.05, 0.1) is 29.3 Å². The first-order chi connectivity index (χ1) is 15.3. The molecule has 4 rings (SSSR count). The Morgan fingerprint density at radius 2 is 1.76 bits per heavy atom. The van der Waals surface area contributed by atoms with Crippen LogP contribution in [0, 0.1) is 11.8 Å². The molecular formula is C22H25N3O8. The van der Waals surface area contributed by atoms with Gasteiger partial charge >= 0.3 is 0 Å². The molecule has 11 heteroatoms. The zero-order chi connectivity index (χ0) is 24.7. The maximum Gasteiger partial charge on any atom is 0.255 e. The van der Waals surface area contributed by atoms with Crippen LogP contribution in [0.1, 0.15) is 24.0 Å². The van der Waals surface area contributed by atoms with E-state index in [9.17, 15) is 39.9 Å². The van der Waals surface area contributed by atoms with Crippen LogP contribution in [0.3, 0.4) is 0 Å². The Balaban J connectivity index is 2.07. The summed E-state index contributed by atoms with van der Waals surface area (Å²) in [7, 11) is 2.90. The summed E-state index contributed by atoms with van der Waals surface area (Å²) in [6.45, 7) is 1.65. The predicted molar refractivity (Wildman–Crippen MR) is 115 cm³/mol. The second kappa shape index (κ2) is 7.04. The Hall–Kier alpha value is -3.41. The molecule has 3 aliphatic rings. The Morgan fingerprint density at radius 3 is 2.30 bits per heavy atom. The number of nitrogen functional groups attached to an aromatic ring is 1. The predicted octanol–water partition coefficient (Wildman–Crippen LogP) is -0.922. The number of aromatic hydroxyl groups is 1. The fraction of sp³-hybridized carbons (Fsp3) is 0.409. The molecule has 6 atom stereocenters. The summed E-state index contributed by atoms with van der Waals surface area (Å²) in [5.74, 6) is -9.34. The molecule has 1 aromatic carbocycles. The number of nitrogens with zero attached hydrogens (tertiary/aromatic N) is 1. The number of hydrogen-bond acceptors (Lipinski definition) is 10. The van der Waals surface area contributed by atoms with Crippen molar-refractivity contribution in [2.45, 2.75) is 30.6 Å². The van der Waals surface area contributed by atoms with Crippen LogP contribution in [-0.4, -0.2) is 79.7 Å². The SMILES string of the molecule is C[C@H]1c2ccc(N)c(O)c2C(O)=C2C(=O)[C@]3(O)C(O)=C(C(N)=O)C(=O)[C@@H](N(C)C)[C@H]3[C@@H](O)[C@H]21. The molecule has 33 heavy (non-hydrogen) atoms. The number of carbonyl (C=O) groups excluding carboxylic acids is 3. The van der Waals surface area contributed by atoms with Crippen molar-refractivity contribution in [1.82, 2.24) is 4.90 Å². The van der Waals surface area contributed by atoms with Crippen molar-refractivity contribution in [2.75, 3.05) is 19.8 Å². The molecule has 0 saturated heterocycles. The molecule has 0 bridgehead atoms. The summed E-state index contributed by atoms with van der Waals surface area (Å²) in [6.07, 6.45) is -1.62. The van der Waals surface area contributed by atoms with Gasteiger partial charge in [-0.2, -0.15) is 0 Å². The van der Waals surface area contributed by atoms with Crippen LogP contribution in [0.5, 0.6) is 5.75 Å². The van der Waals surface area contributed by atoms with Crippen LogP contribution in [0.15, 0.2) is 29.0 Å². The minimum atomic E-state index is -2.93. The van der Waals surface area contributed by atoms with E-state index in [4.69, 9.17) is 11.5 Å². The maximum atomic E-state index is 13.7. The monoisotopic (exact) mass is 459 g/mol.